The predicted molar refractivity (Wildman–Crippen MR) is 105 cm³/mol. The van der Waals surface area contributed by atoms with Crippen molar-refractivity contribution in [1.29, 1.82) is 0 Å². The number of nitrogens with zero attached hydrogens (tertiary/aromatic N) is 2. The first-order valence-electron chi connectivity index (χ1n) is 8.77. The molecule has 25 heavy (non-hydrogen) atoms. The van der Waals surface area contributed by atoms with Gasteiger partial charge in [0.25, 0.3) is 0 Å². The zero-order valence-corrected chi connectivity index (χ0v) is 17.9. The molecule has 0 saturated heterocycles. The van der Waals surface area contributed by atoms with Crippen LogP contribution in [0.4, 0.5) is 0 Å². The van der Waals surface area contributed by atoms with Crippen molar-refractivity contribution in [2.45, 2.75) is 75.0 Å². The summed E-state index contributed by atoms with van der Waals surface area (Å²) in [6.45, 7) is 13.7. The van der Waals surface area contributed by atoms with Crippen molar-refractivity contribution in [3.63, 3.8) is 0 Å². The Morgan fingerprint density at radius 2 is 1.88 bits per heavy atom. The lowest BCUT2D eigenvalue weighted by atomic mass is 9.94. The molecule has 1 heterocycles. The lowest BCUT2D eigenvalue weighted by molar-refractivity contribution is 0.417. The fraction of sp³-hybridized carbons (Fsp3) is 0.667. The van der Waals surface area contributed by atoms with Gasteiger partial charge in [0.15, 0.2) is 8.32 Å². The van der Waals surface area contributed by atoms with Gasteiger partial charge in [-0.3, -0.25) is 0 Å². The molecule has 0 amide bonds. The van der Waals surface area contributed by atoms with Crippen LogP contribution in [0.25, 0.3) is 0 Å². The van der Waals surface area contributed by atoms with E-state index in [2.05, 4.69) is 30.4 Å². The molecule has 1 rings (SSSR count). The molecule has 142 valence electrons. The Kier molecular flexibility index (Phi) is 7.52. The van der Waals surface area contributed by atoms with Crippen LogP contribution in [0.3, 0.4) is 0 Å². The summed E-state index contributed by atoms with van der Waals surface area (Å²) in [5.74, 6) is 0.118. The highest BCUT2D eigenvalue weighted by molar-refractivity contribution is 7.91. The van der Waals surface area contributed by atoms with E-state index in [1.54, 1.807) is 13.0 Å². The first-order valence-corrected chi connectivity index (χ1v) is 13.3. The molecular formula is C18H32N2O3SSi. The molecule has 1 aromatic rings. The zero-order chi connectivity index (χ0) is 19.3. The van der Waals surface area contributed by atoms with Gasteiger partial charge in [0.05, 0.1) is 5.25 Å². The van der Waals surface area contributed by atoms with Gasteiger partial charge in [0, 0.05) is 12.4 Å². The van der Waals surface area contributed by atoms with Crippen molar-refractivity contribution in [2.75, 3.05) is 0 Å². The number of sulfone groups is 1. The Hall–Kier alpha value is -1.05. The van der Waals surface area contributed by atoms with E-state index in [1.807, 2.05) is 19.2 Å². The van der Waals surface area contributed by atoms with E-state index in [0.29, 0.717) is 6.42 Å². The Labute approximate surface area is 153 Å². The van der Waals surface area contributed by atoms with E-state index in [1.165, 1.54) is 12.4 Å². The lowest BCUT2D eigenvalue weighted by Crippen LogP contribution is -2.39. The quantitative estimate of drug-likeness (QED) is 0.375. The minimum atomic E-state index is -3.52. The van der Waals surface area contributed by atoms with Crippen LogP contribution in [0.2, 0.25) is 18.1 Å². The van der Waals surface area contributed by atoms with E-state index in [4.69, 9.17) is 0 Å². The molecule has 7 heteroatoms. The SMILES string of the molecule is C=C[C@H](CCCC(C)(C)[Si](C)(C)O)C[C@@H](C)S(=O)(=O)c1ncccn1. The van der Waals surface area contributed by atoms with Gasteiger partial charge in [-0.25, -0.2) is 18.4 Å². The highest BCUT2D eigenvalue weighted by Crippen LogP contribution is 2.40. The maximum atomic E-state index is 12.6. The van der Waals surface area contributed by atoms with Crippen LogP contribution in [0, 0.1) is 5.92 Å². The van der Waals surface area contributed by atoms with E-state index in [-0.39, 0.29) is 16.1 Å². The van der Waals surface area contributed by atoms with Crippen LogP contribution in [-0.2, 0) is 9.84 Å². The molecule has 0 aliphatic heterocycles. The predicted octanol–water partition coefficient (Wildman–Crippen LogP) is 3.98. The summed E-state index contributed by atoms with van der Waals surface area (Å²) < 4.78 is 25.1. The van der Waals surface area contributed by atoms with Gasteiger partial charge in [-0.05, 0) is 56.3 Å². The molecule has 1 aromatic heterocycles. The molecule has 0 radical (unpaired) electrons. The molecule has 0 saturated carbocycles. The fourth-order valence-corrected chi connectivity index (χ4v) is 4.67. The summed E-state index contributed by atoms with van der Waals surface area (Å²) in [5, 5.41) is -0.733. The van der Waals surface area contributed by atoms with Gasteiger partial charge in [-0.15, -0.1) is 6.58 Å². The van der Waals surface area contributed by atoms with Gasteiger partial charge in [0.2, 0.25) is 15.0 Å². The van der Waals surface area contributed by atoms with Crippen molar-refractivity contribution < 1.29 is 13.2 Å². The van der Waals surface area contributed by atoms with Crippen molar-refractivity contribution in [1.82, 2.24) is 9.97 Å². The Balaban J connectivity index is 2.66. The Morgan fingerprint density at radius 3 is 2.36 bits per heavy atom. The van der Waals surface area contributed by atoms with Gasteiger partial charge >= 0.3 is 0 Å². The van der Waals surface area contributed by atoms with E-state index in [9.17, 15) is 13.2 Å². The molecule has 1 N–H and O–H groups in total. The second-order valence-electron chi connectivity index (χ2n) is 7.95. The molecule has 0 aliphatic rings. The van der Waals surface area contributed by atoms with E-state index in [0.717, 1.165) is 19.3 Å². The molecule has 0 unspecified atom stereocenters. The lowest BCUT2D eigenvalue weighted by Gasteiger charge is -2.35. The van der Waals surface area contributed by atoms with Gasteiger partial charge in [-0.2, -0.15) is 0 Å². The normalized spacial score (nSPS) is 15.6. The summed E-state index contributed by atoms with van der Waals surface area (Å²) in [6, 6.07) is 1.60. The van der Waals surface area contributed by atoms with Crippen molar-refractivity contribution in [3.05, 3.63) is 31.1 Å². The number of hydrogen-bond donors (Lipinski definition) is 1. The Bertz CT molecular complexity index is 655. The first-order chi connectivity index (χ1) is 11.4. The second kappa shape index (κ2) is 8.55. The number of rotatable bonds is 10. The Morgan fingerprint density at radius 1 is 1.32 bits per heavy atom. The third kappa shape index (κ3) is 6.01. The summed E-state index contributed by atoms with van der Waals surface area (Å²) >= 11 is 0. The van der Waals surface area contributed by atoms with E-state index >= 15 is 0 Å². The second-order valence-corrected chi connectivity index (χ2v) is 14.7. The van der Waals surface area contributed by atoms with Crippen molar-refractivity contribution in [2.24, 2.45) is 5.92 Å². The molecule has 0 spiro atoms. The van der Waals surface area contributed by atoms with Crippen LogP contribution in [-0.4, -0.2) is 36.7 Å². The smallest absolute Gasteiger partial charge is 0.247 e. The molecular weight excluding hydrogens is 352 g/mol. The van der Waals surface area contributed by atoms with Crippen LogP contribution < -0.4 is 0 Å². The van der Waals surface area contributed by atoms with Crippen LogP contribution in [0.5, 0.6) is 0 Å². The van der Waals surface area contributed by atoms with E-state index < -0.39 is 23.4 Å². The molecule has 0 fully saturated rings. The molecule has 5 nitrogen and oxygen atoms in total. The average Bonchev–Trinajstić information content (AvgIpc) is 2.53. The maximum absolute atomic E-state index is 12.6. The minimum Gasteiger partial charge on any atom is -0.432 e. The summed E-state index contributed by atoms with van der Waals surface area (Å²) in [4.78, 5) is 18.1. The third-order valence-corrected chi connectivity index (χ3v) is 10.9. The van der Waals surface area contributed by atoms with Gasteiger partial charge in [0.1, 0.15) is 0 Å². The molecule has 0 aromatic carbocycles. The van der Waals surface area contributed by atoms with Crippen molar-refractivity contribution in [3.8, 4) is 0 Å². The summed E-state index contributed by atoms with van der Waals surface area (Å²) in [7, 11) is -5.74. The van der Waals surface area contributed by atoms with Gasteiger partial charge in [-0.1, -0.05) is 26.3 Å². The van der Waals surface area contributed by atoms with Crippen LogP contribution >= 0.6 is 0 Å². The average molecular weight is 385 g/mol. The zero-order valence-electron chi connectivity index (χ0n) is 16.1. The monoisotopic (exact) mass is 384 g/mol. The molecule has 0 aliphatic carbocycles. The number of hydrogen-bond acceptors (Lipinski definition) is 5. The minimum absolute atomic E-state index is 0.0612. The largest absolute Gasteiger partial charge is 0.432 e. The number of allylic oxidation sites excluding steroid dienone is 1. The first kappa shape index (κ1) is 22.0. The fourth-order valence-electron chi connectivity index (χ4n) is 2.61. The standard InChI is InChI=1S/C18H32N2O3SSi/c1-7-16(10-8-11-18(3,4)25(5,6)23)14-15(2)24(21,22)17-19-12-9-13-20-17/h7,9,12-13,15-16,23H,1,8,10-11,14H2,2-6H3/t15-,16-/m1/s1. The highest BCUT2D eigenvalue weighted by Gasteiger charge is 2.37. The topological polar surface area (TPSA) is 80.1 Å². The van der Waals surface area contributed by atoms with Crippen LogP contribution in [0.1, 0.15) is 46.5 Å². The van der Waals surface area contributed by atoms with Gasteiger partial charge < -0.3 is 4.80 Å². The summed E-state index contributed by atoms with van der Waals surface area (Å²) in [6.07, 6.45) is 7.97. The van der Waals surface area contributed by atoms with Crippen LogP contribution in [0.15, 0.2) is 36.3 Å². The third-order valence-electron chi connectivity index (χ3n) is 5.33. The molecule has 2 atom stereocenters. The highest BCUT2D eigenvalue weighted by atomic mass is 32.2. The summed E-state index contributed by atoms with van der Waals surface area (Å²) in [5.41, 5.74) is 0. The number of aromatic nitrogens is 2. The maximum Gasteiger partial charge on any atom is 0.247 e. The molecule has 0 bridgehead atoms. The van der Waals surface area contributed by atoms with Crippen molar-refractivity contribution >= 4 is 18.2 Å².